The molecular formula is C9H12ClFN2. The van der Waals surface area contributed by atoms with Crippen molar-refractivity contribution in [3.63, 3.8) is 0 Å². The third-order valence-corrected chi connectivity index (χ3v) is 2.03. The van der Waals surface area contributed by atoms with Crippen molar-refractivity contribution in [1.29, 1.82) is 0 Å². The number of hydrogen-bond acceptors (Lipinski definition) is 2. The molecular weight excluding hydrogens is 191 g/mol. The molecule has 0 fully saturated rings. The summed E-state index contributed by atoms with van der Waals surface area (Å²) in [5.41, 5.74) is 0.890. The Hall–Kier alpha value is -0.800. The number of nitrogens with one attached hydrogen (secondary N) is 1. The molecule has 0 spiro atoms. The van der Waals surface area contributed by atoms with Gasteiger partial charge in [-0.05, 0) is 25.2 Å². The molecule has 1 aromatic rings. The Morgan fingerprint density at radius 2 is 2.23 bits per heavy atom. The molecule has 0 atom stereocenters. The molecule has 0 unspecified atom stereocenters. The van der Waals surface area contributed by atoms with Gasteiger partial charge in [-0.2, -0.15) is 0 Å². The highest BCUT2D eigenvalue weighted by Gasteiger charge is 2.03. The predicted octanol–water partition coefficient (Wildman–Crippen LogP) is 2.09. The van der Waals surface area contributed by atoms with Crippen molar-refractivity contribution in [2.75, 3.05) is 25.7 Å². The zero-order chi connectivity index (χ0) is 9.84. The fourth-order valence-electron chi connectivity index (χ4n) is 1.05. The quantitative estimate of drug-likeness (QED) is 0.756. The molecule has 2 nitrogen and oxygen atoms in total. The van der Waals surface area contributed by atoms with Crippen molar-refractivity contribution in [2.24, 2.45) is 0 Å². The number of benzene rings is 1. The zero-order valence-corrected chi connectivity index (χ0v) is 8.40. The Morgan fingerprint density at radius 3 is 2.77 bits per heavy atom. The van der Waals surface area contributed by atoms with E-state index in [4.69, 9.17) is 11.6 Å². The lowest BCUT2D eigenvalue weighted by Crippen LogP contribution is -2.28. The summed E-state index contributed by atoms with van der Waals surface area (Å²) in [5.74, 6) is -0.386. The van der Waals surface area contributed by atoms with Gasteiger partial charge in [-0.1, -0.05) is 11.6 Å². The van der Waals surface area contributed by atoms with E-state index in [0.717, 1.165) is 5.69 Å². The van der Waals surface area contributed by atoms with Crippen molar-refractivity contribution in [3.8, 4) is 0 Å². The number of rotatable bonds is 3. The van der Waals surface area contributed by atoms with E-state index in [9.17, 15) is 4.39 Å². The smallest absolute Gasteiger partial charge is 0.141 e. The summed E-state index contributed by atoms with van der Waals surface area (Å²) in [6.07, 6.45) is 0. The van der Waals surface area contributed by atoms with Crippen LogP contribution in [0.25, 0.3) is 0 Å². The molecule has 4 heteroatoms. The molecule has 0 saturated carbocycles. The molecule has 0 aliphatic heterocycles. The van der Waals surface area contributed by atoms with Crippen LogP contribution in [0, 0.1) is 5.82 Å². The second-order valence-electron chi connectivity index (χ2n) is 2.81. The molecule has 1 aromatic carbocycles. The van der Waals surface area contributed by atoms with Crippen LogP contribution >= 0.6 is 11.6 Å². The lowest BCUT2D eigenvalue weighted by atomic mass is 10.3. The SMILES string of the molecule is CNCN(C)c1ccc(F)c(Cl)c1. The third kappa shape index (κ3) is 2.57. The molecule has 0 amide bonds. The standard InChI is InChI=1S/C9H12ClFN2/c1-12-6-13(2)7-3-4-9(11)8(10)5-7/h3-5,12H,6H2,1-2H3. The first-order chi connectivity index (χ1) is 6.15. The fraction of sp³-hybridized carbons (Fsp3) is 0.333. The molecule has 1 rings (SSSR count). The first-order valence-corrected chi connectivity index (χ1v) is 4.33. The van der Waals surface area contributed by atoms with Crippen molar-refractivity contribution in [3.05, 3.63) is 29.0 Å². The highest BCUT2D eigenvalue weighted by Crippen LogP contribution is 2.21. The van der Waals surface area contributed by atoms with Gasteiger partial charge >= 0.3 is 0 Å². The molecule has 0 heterocycles. The average Bonchev–Trinajstić information content (AvgIpc) is 2.10. The van der Waals surface area contributed by atoms with Gasteiger partial charge in [0.1, 0.15) is 5.82 Å². The van der Waals surface area contributed by atoms with Crippen LogP contribution in [0.1, 0.15) is 0 Å². The van der Waals surface area contributed by atoms with E-state index in [2.05, 4.69) is 5.32 Å². The summed E-state index contributed by atoms with van der Waals surface area (Å²) in [5, 5.41) is 3.14. The lowest BCUT2D eigenvalue weighted by molar-refractivity contribution is 0.628. The van der Waals surface area contributed by atoms with Crippen LogP contribution < -0.4 is 10.2 Å². The summed E-state index contributed by atoms with van der Waals surface area (Å²) in [6.45, 7) is 0.696. The Morgan fingerprint density at radius 1 is 1.54 bits per heavy atom. The van der Waals surface area contributed by atoms with Crippen LogP contribution in [0.4, 0.5) is 10.1 Å². The Kier molecular flexibility index (Phi) is 3.51. The van der Waals surface area contributed by atoms with E-state index in [0.29, 0.717) is 6.67 Å². The maximum Gasteiger partial charge on any atom is 0.141 e. The third-order valence-electron chi connectivity index (χ3n) is 1.74. The van der Waals surface area contributed by atoms with Crippen LogP contribution in [0.5, 0.6) is 0 Å². The van der Waals surface area contributed by atoms with Gasteiger partial charge in [0.25, 0.3) is 0 Å². The Balaban J connectivity index is 2.84. The first-order valence-electron chi connectivity index (χ1n) is 3.96. The van der Waals surface area contributed by atoms with Gasteiger partial charge in [0, 0.05) is 12.7 Å². The maximum atomic E-state index is 12.8. The summed E-state index contributed by atoms with van der Waals surface area (Å²) >= 11 is 5.64. The van der Waals surface area contributed by atoms with E-state index < -0.39 is 0 Å². The van der Waals surface area contributed by atoms with Gasteiger partial charge in [0.2, 0.25) is 0 Å². The van der Waals surface area contributed by atoms with E-state index >= 15 is 0 Å². The van der Waals surface area contributed by atoms with Crippen LogP contribution in [0.15, 0.2) is 18.2 Å². The number of hydrogen-bond donors (Lipinski definition) is 1. The average molecular weight is 203 g/mol. The second-order valence-corrected chi connectivity index (χ2v) is 3.22. The molecule has 0 aromatic heterocycles. The Labute approximate surface area is 82.3 Å². The minimum Gasteiger partial charge on any atom is -0.362 e. The largest absolute Gasteiger partial charge is 0.362 e. The Bertz CT molecular complexity index is 291. The van der Waals surface area contributed by atoms with Crippen molar-refractivity contribution in [1.82, 2.24) is 5.32 Å². The number of anilines is 1. The highest BCUT2D eigenvalue weighted by atomic mass is 35.5. The van der Waals surface area contributed by atoms with Crippen LogP contribution in [0.2, 0.25) is 5.02 Å². The zero-order valence-electron chi connectivity index (χ0n) is 7.64. The molecule has 0 aliphatic rings. The molecule has 0 radical (unpaired) electrons. The van der Waals surface area contributed by atoms with Crippen LogP contribution in [-0.4, -0.2) is 20.8 Å². The fourth-order valence-corrected chi connectivity index (χ4v) is 1.23. The van der Waals surface area contributed by atoms with Crippen molar-refractivity contribution >= 4 is 17.3 Å². The topological polar surface area (TPSA) is 15.3 Å². The first kappa shape index (κ1) is 10.3. The molecule has 0 aliphatic carbocycles. The maximum absolute atomic E-state index is 12.8. The van der Waals surface area contributed by atoms with Gasteiger partial charge in [0.15, 0.2) is 0 Å². The second kappa shape index (κ2) is 4.44. The van der Waals surface area contributed by atoms with E-state index in [1.54, 1.807) is 12.1 Å². The molecule has 1 N–H and O–H groups in total. The van der Waals surface area contributed by atoms with Crippen molar-refractivity contribution in [2.45, 2.75) is 0 Å². The van der Waals surface area contributed by atoms with Gasteiger partial charge in [-0.3, -0.25) is 0 Å². The summed E-state index contributed by atoms with van der Waals surface area (Å²) in [6, 6.07) is 4.66. The lowest BCUT2D eigenvalue weighted by Gasteiger charge is -2.18. The monoisotopic (exact) mass is 202 g/mol. The van der Waals surface area contributed by atoms with E-state index in [1.165, 1.54) is 6.07 Å². The summed E-state index contributed by atoms with van der Waals surface area (Å²) < 4.78 is 12.8. The van der Waals surface area contributed by atoms with E-state index in [-0.39, 0.29) is 10.8 Å². The van der Waals surface area contributed by atoms with Crippen LogP contribution in [-0.2, 0) is 0 Å². The molecule has 72 valence electrons. The van der Waals surface area contributed by atoms with Gasteiger partial charge < -0.3 is 10.2 Å². The number of halogens is 2. The van der Waals surface area contributed by atoms with Gasteiger partial charge in [0.05, 0.1) is 11.7 Å². The molecule has 13 heavy (non-hydrogen) atoms. The predicted molar refractivity (Wildman–Crippen MR) is 53.7 cm³/mol. The summed E-state index contributed by atoms with van der Waals surface area (Å²) in [7, 11) is 3.75. The molecule has 0 saturated heterocycles. The van der Waals surface area contributed by atoms with Gasteiger partial charge in [-0.15, -0.1) is 0 Å². The van der Waals surface area contributed by atoms with Gasteiger partial charge in [-0.25, -0.2) is 4.39 Å². The van der Waals surface area contributed by atoms with Crippen LogP contribution in [0.3, 0.4) is 0 Å². The minimum atomic E-state index is -0.386. The normalized spacial score (nSPS) is 10.2. The van der Waals surface area contributed by atoms with Crippen molar-refractivity contribution < 1.29 is 4.39 Å². The summed E-state index contributed by atoms with van der Waals surface area (Å²) in [4.78, 5) is 1.94. The number of nitrogens with zero attached hydrogens (tertiary/aromatic N) is 1. The molecule has 0 bridgehead atoms. The minimum absolute atomic E-state index is 0.153. The van der Waals surface area contributed by atoms with E-state index in [1.807, 2.05) is 19.0 Å². The highest BCUT2D eigenvalue weighted by molar-refractivity contribution is 6.31.